The number of hydrogen-bond donors (Lipinski definition) is 2. The molecule has 0 saturated heterocycles. The zero-order chi connectivity index (χ0) is 13.6. The van der Waals surface area contributed by atoms with Gasteiger partial charge in [-0.3, -0.25) is 0 Å². The number of aryl methyl sites for hydroxylation is 1. The third kappa shape index (κ3) is 2.30. The van der Waals surface area contributed by atoms with Crippen molar-refractivity contribution in [2.24, 2.45) is 0 Å². The normalized spacial score (nSPS) is 13.0. The summed E-state index contributed by atoms with van der Waals surface area (Å²) in [6.07, 6.45) is 1.73. The van der Waals surface area contributed by atoms with Crippen LogP contribution < -0.4 is 5.69 Å². The van der Waals surface area contributed by atoms with Crippen LogP contribution in [-0.4, -0.2) is 9.97 Å². The van der Waals surface area contributed by atoms with E-state index in [1.165, 1.54) is 0 Å². The number of halogens is 2. The van der Waals surface area contributed by atoms with Crippen molar-refractivity contribution >= 4 is 42.9 Å². The summed E-state index contributed by atoms with van der Waals surface area (Å²) in [5, 5.41) is 0. The van der Waals surface area contributed by atoms with Gasteiger partial charge in [0, 0.05) is 10.0 Å². The lowest BCUT2D eigenvalue weighted by molar-refractivity contribution is 0.532. The maximum atomic E-state index is 11.3. The molecule has 0 aliphatic rings. The second-order valence-corrected chi connectivity index (χ2v) is 6.12. The molecule has 0 fully saturated rings. The van der Waals surface area contributed by atoms with Crippen molar-refractivity contribution < 1.29 is 4.42 Å². The monoisotopic (exact) mass is 384 g/mol. The van der Waals surface area contributed by atoms with Gasteiger partial charge < -0.3 is 14.4 Å². The summed E-state index contributed by atoms with van der Waals surface area (Å²) in [6.45, 7) is 1.91. The van der Waals surface area contributed by atoms with Gasteiger partial charge in [0.2, 0.25) is 0 Å². The smallest absolute Gasteiger partial charge is 0.323 e. The van der Waals surface area contributed by atoms with E-state index >= 15 is 0 Å². The Bertz CT molecular complexity index is 800. The summed E-state index contributed by atoms with van der Waals surface area (Å²) in [4.78, 5) is 16.8. The number of fused-ring (bicyclic) bond motifs is 1. The van der Waals surface area contributed by atoms with Crippen LogP contribution in [0.3, 0.4) is 0 Å². The molecule has 0 radical (unpaired) electrons. The van der Waals surface area contributed by atoms with E-state index in [0.29, 0.717) is 0 Å². The third-order valence-corrected chi connectivity index (χ3v) is 4.66. The van der Waals surface area contributed by atoms with Crippen molar-refractivity contribution in [3.05, 3.63) is 56.3 Å². The summed E-state index contributed by atoms with van der Waals surface area (Å²) in [5.41, 5.74) is 3.43. The van der Waals surface area contributed by atoms with Crippen LogP contribution in [0.5, 0.6) is 0 Å². The highest BCUT2D eigenvalue weighted by Gasteiger charge is 2.17. The van der Waals surface area contributed by atoms with Crippen molar-refractivity contribution in [2.45, 2.75) is 11.8 Å². The fourth-order valence-corrected chi connectivity index (χ4v) is 3.54. The van der Waals surface area contributed by atoms with Gasteiger partial charge in [-0.05, 0) is 30.7 Å². The number of nitrogens with one attached hydrogen (secondary N) is 2. The molecule has 6 heteroatoms. The van der Waals surface area contributed by atoms with Gasteiger partial charge in [0.1, 0.15) is 5.76 Å². The average molecular weight is 386 g/mol. The average Bonchev–Trinajstić information content (AvgIpc) is 2.92. The molecule has 3 rings (SSSR count). The van der Waals surface area contributed by atoms with Gasteiger partial charge in [0.05, 0.1) is 22.1 Å². The molecule has 0 aliphatic carbocycles. The van der Waals surface area contributed by atoms with E-state index in [-0.39, 0.29) is 10.5 Å². The van der Waals surface area contributed by atoms with Crippen LogP contribution in [0.15, 0.2) is 38.1 Å². The third-order valence-electron chi connectivity index (χ3n) is 2.95. The van der Waals surface area contributed by atoms with Gasteiger partial charge in [0.15, 0.2) is 0 Å². The first kappa shape index (κ1) is 12.7. The summed E-state index contributed by atoms with van der Waals surface area (Å²) >= 11 is 7.19. The number of rotatable bonds is 2. The van der Waals surface area contributed by atoms with Crippen LogP contribution >= 0.6 is 31.9 Å². The van der Waals surface area contributed by atoms with E-state index in [1.54, 1.807) is 6.26 Å². The van der Waals surface area contributed by atoms with E-state index in [0.717, 1.165) is 32.4 Å². The minimum Gasteiger partial charge on any atom is -0.469 e. The molecule has 0 saturated carbocycles. The second-order valence-electron chi connectivity index (χ2n) is 4.35. The number of aromatic nitrogens is 2. The molecule has 2 heterocycles. The van der Waals surface area contributed by atoms with Crippen LogP contribution in [-0.2, 0) is 0 Å². The molecule has 1 atom stereocenters. The van der Waals surface area contributed by atoms with Gasteiger partial charge in [-0.15, -0.1) is 0 Å². The highest BCUT2D eigenvalue weighted by molar-refractivity contribution is 9.11. The highest BCUT2D eigenvalue weighted by atomic mass is 79.9. The molecule has 2 N–H and O–H groups in total. The number of hydrogen-bond acceptors (Lipinski definition) is 2. The van der Waals surface area contributed by atoms with Crippen molar-refractivity contribution in [3.8, 4) is 0 Å². The molecule has 0 aliphatic heterocycles. The first-order chi connectivity index (χ1) is 9.04. The largest absolute Gasteiger partial charge is 0.469 e. The molecule has 1 unspecified atom stereocenters. The Kier molecular flexibility index (Phi) is 3.14. The Morgan fingerprint density at radius 2 is 1.89 bits per heavy atom. The SMILES string of the molecule is Cc1cc(C(Br)c2cc3[nH]c(=O)[nH]c3cc2Br)co1. The van der Waals surface area contributed by atoms with Crippen LogP contribution in [0.2, 0.25) is 0 Å². The summed E-state index contributed by atoms with van der Waals surface area (Å²) < 4.78 is 6.26. The van der Waals surface area contributed by atoms with Gasteiger partial charge in [-0.25, -0.2) is 4.79 Å². The Hall–Kier alpha value is -1.27. The van der Waals surface area contributed by atoms with Crippen molar-refractivity contribution in [2.75, 3.05) is 0 Å². The molecule has 0 spiro atoms. The standard InChI is InChI=1S/C13H10Br2N2O2/c1-6-2-7(5-19-6)12(15)8-3-10-11(4-9(8)14)17-13(18)16-10/h2-5,12H,1H3,(H2,16,17,18). The second kappa shape index (κ2) is 4.68. The number of H-pyrrole nitrogens is 2. The lowest BCUT2D eigenvalue weighted by Crippen LogP contribution is -1.99. The molecule has 0 bridgehead atoms. The first-order valence-electron chi connectivity index (χ1n) is 5.65. The number of benzene rings is 1. The van der Waals surface area contributed by atoms with Crippen molar-refractivity contribution in [1.29, 1.82) is 0 Å². The van der Waals surface area contributed by atoms with Gasteiger partial charge in [-0.1, -0.05) is 31.9 Å². The minimum absolute atomic E-state index is 0.00197. The molecular formula is C13H10Br2N2O2. The van der Waals surface area contributed by atoms with Gasteiger partial charge in [-0.2, -0.15) is 0 Å². The fourth-order valence-electron chi connectivity index (χ4n) is 2.04. The predicted molar refractivity (Wildman–Crippen MR) is 80.8 cm³/mol. The molecule has 19 heavy (non-hydrogen) atoms. The van der Waals surface area contributed by atoms with Crippen molar-refractivity contribution in [3.63, 3.8) is 0 Å². The molecule has 3 aromatic rings. The Morgan fingerprint density at radius 1 is 1.21 bits per heavy atom. The maximum absolute atomic E-state index is 11.3. The van der Waals surface area contributed by atoms with E-state index in [9.17, 15) is 4.79 Å². The van der Waals surface area contributed by atoms with Crippen molar-refractivity contribution in [1.82, 2.24) is 9.97 Å². The maximum Gasteiger partial charge on any atom is 0.323 e. The van der Waals surface area contributed by atoms with Gasteiger partial charge >= 0.3 is 5.69 Å². The quantitative estimate of drug-likeness (QED) is 0.655. The Morgan fingerprint density at radius 3 is 2.53 bits per heavy atom. The highest BCUT2D eigenvalue weighted by Crippen LogP contribution is 2.37. The number of alkyl halides is 1. The van der Waals surface area contributed by atoms with E-state index in [1.807, 2.05) is 25.1 Å². The van der Waals surface area contributed by atoms with Crippen LogP contribution in [0, 0.1) is 6.92 Å². The van der Waals surface area contributed by atoms with Crippen LogP contribution in [0.1, 0.15) is 21.7 Å². The molecule has 2 aromatic heterocycles. The van der Waals surface area contributed by atoms with E-state index in [4.69, 9.17) is 4.42 Å². The predicted octanol–water partition coefficient (Wildman–Crippen LogP) is 4.00. The lowest BCUT2D eigenvalue weighted by Gasteiger charge is -2.10. The Labute approximate surface area is 125 Å². The Balaban J connectivity index is 2.13. The fraction of sp³-hybridized carbons (Fsp3) is 0.154. The zero-order valence-electron chi connectivity index (χ0n) is 9.96. The summed E-state index contributed by atoms with van der Waals surface area (Å²) in [7, 11) is 0. The molecule has 0 amide bonds. The van der Waals surface area contributed by atoms with E-state index in [2.05, 4.69) is 41.8 Å². The van der Waals surface area contributed by atoms with E-state index < -0.39 is 0 Å². The van der Waals surface area contributed by atoms with Crippen LogP contribution in [0.25, 0.3) is 11.0 Å². The molecule has 1 aromatic carbocycles. The topological polar surface area (TPSA) is 61.8 Å². The summed E-state index contributed by atoms with van der Waals surface area (Å²) in [5.74, 6) is 0.867. The van der Waals surface area contributed by atoms with Crippen LogP contribution in [0.4, 0.5) is 0 Å². The molecule has 4 nitrogen and oxygen atoms in total. The number of furan rings is 1. The lowest BCUT2D eigenvalue weighted by atomic mass is 10.1. The van der Waals surface area contributed by atoms with Gasteiger partial charge in [0.25, 0.3) is 0 Å². The molecule has 98 valence electrons. The first-order valence-corrected chi connectivity index (χ1v) is 7.36. The zero-order valence-corrected chi connectivity index (χ0v) is 13.1. The number of aromatic amines is 2. The summed E-state index contributed by atoms with van der Waals surface area (Å²) in [6, 6.07) is 5.82. The molecular weight excluding hydrogens is 376 g/mol. The number of imidazole rings is 1. The minimum atomic E-state index is -0.204.